The maximum atomic E-state index is 12.6. The van der Waals surface area contributed by atoms with E-state index in [-0.39, 0.29) is 17.2 Å². The van der Waals surface area contributed by atoms with Gasteiger partial charge in [-0.2, -0.15) is 4.68 Å². The Kier molecular flexibility index (Phi) is 7.04. The third-order valence-corrected chi connectivity index (χ3v) is 5.96. The molecule has 6 nitrogen and oxygen atoms in total. The van der Waals surface area contributed by atoms with Gasteiger partial charge in [-0.3, -0.25) is 4.79 Å². The molecule has 1 N–H and O–H groups in total. The second kappa shape index (κ2) is 9.69. The monoisotopic (exact) mass is 409 g/mol. The quantitative estimate of drug-likeness (QED) is 0.571. The number of hydrogen-bond acceptors (Lipinski definition) is 5. The Balaban J connectivity index is 1.57. The summed E-state index contributed by atoms with van der Waals surface area (Å²) in [7, 11) is 0. The number of tetrazole rings is 1. The van der Waals surface area contributed by atoms with Crippen molar-refractivity contribution in [2.24, 2.45) is 0 Å². The van der Waals surface area contributed by atoms with E-state index < -0.39 is 0 Å². The first-order chi connectivity index (χ1) is 13.9. The van der Waals surface area contributed by atoms with Crippen molar-refractivity contribution >= 4 is 17.7 Å². The Labute approximate surface area is 176 Å². The first-order valence-electron chi connectivity index (χ1n) is 9.81. The van der Waals surface area contributed by atoms with Crippen molar-refractivity contribution in [1.29, 1.82) is 0 Å². The Hall–Kier alpha value is -2.67. The van der Waals surface area contributed by atoms with Crippen LogP contribution in [0.25, 0.3) is 5.69 Å². The van der Waals surface area contributed by atoms with Crippen LogP contribution in [-0.4, -0.2) is 37.4 Å². The third kappa shape index (κ3) is 5.67. The van der Waals surface area contributed by atoms with Gasteiger partial charge in [0.1, 0.15) is 0 Å². The number of rotatable bonds is 8. The average molecular weight is 410 g/mol. The van der Waals surface area contributed by atoms with Crippen molar-refractivity contribution in [2.45, 2.75) is 57.0 Å². The van der Waals surface area contributed by atoms with Gasteiger partial charge in [0.15, 0.2) is 0 Å². The number of hydrogen-bond donors (Lipinski definition) is 1. The number of nitrogens with one attached hydrogen (secondary N) is 1. The summed E-state index contributed by atoms with van der Waals surface area (Å²) < 4.78 is 1.68. The number of aryl methyl sites for hydroxylation is 3. The van der Waals surface area contributed by atoms with Crippen LogP contribution >= 0.6 is 11.8 Å². The first-order valence-corrected chi connectivity index (χ1v) is 10.7. The molecule has 3 rings (SSSR count). The molecule has 0 aliphatic rings. The van der Waals surface area contributed by atoms with Gasteiger partial charge < -0.3 is 5.32 Å². The van der Waals surface area contributed by atoms with Crippen LogP contribution < -0.4 is 5.32 Å². The molecule has 0 spiro atoms. The minimum absolute atomic E-state index is 0.00908. The molecule has 0 unspecified atom stereocenters. The van der Waals surface area contributed by atoms with Crippen LogP contribution in [0.5, 0.6) is 0 Å². The lowest BCUT2D eigenvalue weighted by atomic mass is 10.1. The summed E-state index contributed by atoms with van der Waals surface area (Å²) in [6.07, 6.45) is 1.84. The maximum Gasteiger partial charge on any atom is 0.233 e. The lowest BCUT2D eigenvalue weighted by Crippen LogP contribution is -2.38. The lowest BCUT2D eigenvalue weighted by Gasteiger charge is -2.17. The van der Waals surface area contributed by atoms with Crippen molar-refractivity contribution in [2.75, 3.05) is 0 Å². The topological polar surface area (TPSA) is 72.7 Å². The van der Waals surface area contributed by atoms with E-state index in [9.17, 15) is 4.79 Å². The smallest absolute Gasteiger partial charge is 0.233 e. The molecule has 0 saturated carbocycles. The Morgan fingerprint density at radius 2 is 1.86 bits per heavy atom. The summed E-state index contributed by atoms with van der Waals surface area (Å²) in [5.74, 6) is -0.00908. The van der Waals surface area contributed by atoms with E-state index in [2.05, 4.69) is 46.8 Å². The van der Waals surface area contributed by atoms with Gasteiger partial charge in [-0.05, 0) is 79.8 Å². The van der Waals surface area contributed by atoms with Crippen LogP contribution in [0.1, 0.15) is 37.0 Å². The first kappa shape index (κ1) is 21.0. The van der Waals surface area contributed by atoms with Crippen molar-refractivity contribution in [1.82, 2.24) is 25.5 Å². The molecule has 0 bridgehead atoms. The SMILES string of the molecule is Cc1ccc(-n2nnnc2S[C@H](C)C(=O)N[C@@H](C)CCc2ccccc2)cc1C. The molecule has 2 aromatic carbocycles. The summed E-state index contributed by atoms with van der Waals surface area (Å²) in [6.45, 7) is 8.04. The fourth-order valence-corrected chi connectivity index (χ4v) is 3.76. The Morgan fingerprint density at radius 1 is 1.10 bits per heavy atom. The predicted octanol–water partition coefficient (Wildman–Crippen LogP) is 3.90. The number of carbonyl (C=O) groups excluding carboxylic acids is 1. The number of benzene rings is 2. The fraction of sp³-hybridized carbons (Fsp3) is 0.364. The van der Waals surface area contributed by atoms with Gasteiger partial charge in [0.2, 0.25) is 11.1 Å². The van der Waals surface area contributed by atoms with E-state index in [1.54, 1.807) is 4.68 Å². The Bertz CT molecular complexity index is 957. The van der Waals surface area contributed by atoms with Gasteiger partial charge in [-0.25, -0.2) is 0 Å². The maximum absolute atomic E-state index is 12.6. The van der Waals surface area contributed by atoms with Gasteiger partial charge >= 0.3 is 0 Å². The highest BCUT2D eigenvalue weighted by Gasteiger charge is 2.20. The van der Waals surface area contributed by atoms with E-state index >= 15 is 0 Å². The van der Waals surface area contributed by atoms with Crippen LogP contribution in [0.2, 0.25) is 0 Å². The lowest BCUT2D eigenvalue weighted by molar-refractivity contribution is -0.120. The highest BCUT2D eigenvalue weighted by Crippen LogP contribution is 2.24. The molecule has 29 heavy (non-hydrogen) atoms. The van der Waals surface area contributed by atoms with Gasteiger partial charge in [0, 0.05) is 6.04 Å². The largest absolute Gasteiger partial charge is 0.353 e. The second-order valence-electron chi connectivity index (χ2n) is 7.34. The molecular weight excluding hydrogens is 382 g/mol. The molecule has 7 heteroatoms. The van der Waals surface area contributed by atoms with Crippen molar-refractivity contribution < 1.29 is 4.79 Å². The van der Waals surface area contributed by atoms with Crippen molar-refractivity contribution in [3.05, 3.63) is 65.2 Å². The molecule has 0 aliphatic heterocycles. The molecule has 0 fully saturated rings. The highest BCUT2D eigenvalue weighted by molar-refractivity contribution is 8.00. The summed E-state index contributed by atoms with van der Waals surface area (Å²) in [5, 5.41) is 15.4. The summed E-state index contributed by atoms with van der Waals surface area (Å²) in [4.78, 5) is 12.6. The van der Waals surface area contributed by atoms with E-state index in [4.69, 9.17) is 0 Å². The van der Waals surface area contributed by atoms with Gasteiger partial charge in [-0.1, -0.05) is 48.2 Å². The number of thioether (sulfide) groups is 1. The van der Waals surface area contributed by atoms with E-state index in [0.29, 0.717) is 5.16 Å². The van der Waals surface area contributed by atoms with E-state index in [1.165, 1.54) is 28.5 Å². The van der Waals surface area contributed by atoms with Crippen molar-refractivity contribution in [3.8, 4) is 5.69 Å². The van der Waals surface area contributed by atoms with E-state index in [0.717, 1.165) is 18.5 Å². The number of carbonyl (C=O) groups is 1. The zero-order chi connectivity index (χ0) is 20.8. The molecule has 2 atom stereocenters. The average Bonchev–Trinajstić information content (AvgIpc) is 3.17. The van der Waals surface area contributed by atoms with Crippen LogP contribution in [0, 0.1) is 13.8 Å². The molecule has 1 heterocycles. The fourth-order valence-electron chi connectivity index (χ4n) is 2.94. The molecule has 1 aromatic heterocycles. The number of aromatic nitrogens is 4. The molecular formula is C22H27N5OS. The third-order valence-electron chi connectivity index (χ3n) is 4.92. The summed E-state index contributed by atoms with van der Waals surface area (Å²) in [6, 6.07) is 16.5. The highest BCUT2D eigenvalue weighted by atomic mass is 32.2. The molecule has 0 saturated heterocycles. The zero-order valence-electron chi connectivity index (χ0n) is 17.3. The van der Waals surface area contributed by atoms with Crippen LogP contribution in [0.3, 0.4) is 0 Å². The van der Waals surface area contributed by atoms with Gasteiger partial charge in [0.25, 0.3) is 0 Å². The van der Waals surface area contributed by atoms with E-state index in [1.807, 2.05) is 50.2 Å². The normalized spacial score (nSPS) is 13.1. The molecule has 152 valence electrons. The standard InChI is InChI=1S/C22H27N5OS/c1-15-10-13-20(14-16(15)2)27-22(24-25-26-27)29-18(4)21(28)23-17(3)11-12-19-8-6-5-7-9-19/h5-10,13-14,17-18H,11-12H2,1-4H3,(H,23,28)/t17-,18+/m0/s1. The Morgan fingerprint density at radius 3 is 2.59 bits per heavy atom. The minimum Gasteiger partial charge on any atom is -0.353 e. The molecule has 1 amide bonds. The molecule has 3 aromatic rings. The minimum atomic E-state index is -0.300. The second-order valence-corrected chi connectivity index (χ2v) is 8.64. The van der Waals surface area contributed by atoms with Crippen LogP contribution in [0.4, 0.5) is 0 Å². The number of amides is 1. The van der Waals surface area contributed by atoms with Gasteiger partial charge in [0.05, 0.1) is 10.9 Å². The van der Waals surface area contributed by atoms with Gasteiger partial charge in [-0.15, -0.1) is 5.10 Å². The van der Waals surface area contributed by atoms with Crippen LogP contribution in [0.15, 0.2) is 53.7 Å². The molecule has 0 aliphatic carbocycles. The predicted molar refractivity (Wildman–Crippen MR) is 116 cm³/mol. The zero-order valence-corrected chi connectivity index (χ0v) is 18.1. The van der Waals surface area contributed by atoms with Crippen LogP contribution in [-0.2, 0) is 11.2 Å². The van der Waals surface area contributed by atoms with Crippen molar-refractivity contribution in [3.63, 3.8) is 0 Å². The molecule has 0 radical (unpaired) electrons. The number of nitrogens with zero attached hydrogens (tertiary/aromatic N) is 4. The summed E-state index contributed by atoms with van der Waals surface area (Å²) >= 11 is 1.36. The summed E-state index contributed by atoms with van der Waals surface area (Å²) in [5.41, 5.74) is 4.56.